The normalized spacial score (nSPS) is 11.0. The van der Waals surface area contributed by atoms with Crippen molar-refractivity contribution in [2.45, 2.75) is 13.3 Å². The minimum Gasteiger partial charge on any atom is -0.358 e. The Morgan fingerprint density at radius 2 is 1.83 bits per heavy atom. The van der Waals surface area contributed by atoms with E-state index in [1.165, 1.54) is 27.7 Å². The minimum atomic E-state index is 0.957. The van der Waals surface area contributed by atoms with E-state index in [1.807, 2.05) is 0 Å². The number of benzene rings is 2. The van der Waals surface area contributed by atoms with E-state index in [9.17, 15) is 0 Å². The lowest BCUT2D eigenvalue weighted by Gasteiger charge is -2.00. The number of aromatic nitrogens is 1. The molecule has 18 heavy (non-hydrogen) atoms. The Morgan fingerprint density at radius 1 is 1.06 bits per heavy atom. The van der Waals surface area contributed by atoms with Crippen molar-refractivity contribution in [3.8, 4) is 0 Å². The van der Waals surface area contributed by atoms with Gasteiger partial charge in [-0.3, -0.25) is 0 Å². The zero-order valence-corrected chi connectivity index (χ0v) is 11.8. The summed E-state index contributed by atoms with van der Waals surface area (Å²) in [5.74, 6) is 0. The number of H-pyrrole nitrogens is 1. The first-order chi connectivity index (χ1) is 8.74. The molecule has 0 unspecified atom stereocenters. The van der Waals surface area contributed by atoms with Crippen LogP contribution < -0.4 is 0 Å². The van der Waals surface area contributed by atoms with Crippen LogP contribution in [0.1, 0.15) is 16.8 Å². The van der Waals surface area contributed by atoms with Gasteiger partial charge in [0, 0.05) is 27.5 Å². The molecule has 0 amide bonds. The van der Waals surface area contributed by atoms with Crippen LogP contribution in [0.15, 0.2) is 53.0 Å². The van der Waals surface area contributed by atoms with E-state index in [4.69, 9.17) is 0 Å². The maximum absolute atomic E-state index is 3.53. The average Bonchev–Trinajstić information content (AvgIpc) is 2.68. The summed E-state index contributed by atoms with van der Waals surface area (Å²) in [5.41, 5.74) is 5.19. The largest absolute Gasteiger partial charge is 0.358 e. The van der Waals surface area contributed by atoms with Crippen LogP contribution in [0.3, 0.4) is 0 Å². The highest BCUT2D eigenvalue weighted by atomic mass is 79.9. The van der Waals surface area contributed by atoms with Gasteiger partial charge in [-0.05, 0) is 36.2 Å². The zero-order chi connectivity index (χ0) is 12.5. The lowest BCUT2D eigenvalue weighted by Crippen LogP contribution is -1.89. The summed E-state index contributed by atoms with van der Waals surface area (Å²) in [6, 6.07) is 16.9. The molecule has 3 aromatic rings. The summed E-state index contributed by atoms with van der Waals surface area (Å²) < 4.78 is 1.13. The smallest absolute Gasteiger partial charge is 0.0459 e. The van der Waals surface area contributed by atoms with Gasteiger partial charge in [0.2, 0.25) is 0 Å². The average molecular weight is 300 g/mol. The van der Waals surface area contributed by atoms with E-state index in [0.29, 0.717) is 0 Å². The number of hydrogen-bond acceptors (Lipinski definition) is 0. The van der Waals surface area contributed by atoms with Gasteiger partial charge in [-0.2, -0.15) is 0 Å². The molecule has 1 nitrogen and oxygen atoms in total. The summed E-state index contributed by atoms with van der Waals surface area (Å²) in [6.45, 7) is 2.18. The lowest BCUT2D eigenvalue weighted by atomic mass is 10.1. The second kappa shape index (κ2) is 4.62. The monoisotopic (exact) mass is 299 g/mol. The molecule has 1 aromatic heterocycles. The Kier molecular flexibility index (Phi) is 2.96. The van der Waals surface area contributed by atoms with Gasteiger partial charge in [0.25, 0.3) is 0 Å². The number of hydrogen-bond donors (Lipinski definition) is 1. The Labute approximate surface area is 115 Å². The second-order valence-corrected chi connectivity index (χ2v) is 5.50. The SMILES string of the molecule is Cc1c(Cc2ccccc2)[nH]c2ccc(Br)cc12. The molecule has 0 radical (unpaired) electrons. The molecule has 0 bridgehead atoms. The molecule has 0 aliphatic rings. The molecular formula is C16H14BrN. The Bertz CT molecular complexity index is 683. The summed E-state index contributed by atoms with van der Waals surface area (Å²) >= 11 is 3.53. The number of nitrogens with one attached hydrogen (secondary N) is 1. The molecule has 0 aliphatic carbocycles. The summed E-state index contributed by atoms with van der Waals surface area (Å²) in [7, 11) is 0. The van der Waals surface area contributed by atoms with Crippen LogP contribution in [0, 0.1) is 6.92 Å². The van der Waals surface area contributed by atoms with Crippen LogP contribution in [0.2, 0.25) is 0 Å². The van der Waals surface area contributed by atoms with Gasteiger partial charge in [0.15, 0.2) is 0 Å². The van der Waals surface area contributed by atoms with Crippen LogP contribution in [0.25, 0.3) is 10.9 Å². The fourth-order valence-electron chi connectivity index (χ4n) is 2.33. The van der Waals surface area contributed by atoms with Crippen LogP contribution in [-0.2, 0) is 6.42 Å². The second-order valence-electron chi connectivity index (χ2n) is 4.58. The number of aromatic amines is 1. The summed E-state index contributed by atoms with van der Waals surface area (Å²) in [6.07, 6.45) is 0.957. The Hall–Kier alpha value is -1.54. The van der Waals surface area contributed by atoms with E-state index in [0.717, 1.165) is 10.9 Å². The lowest BCUT2D eigenvalue weighted by molar-refractivity contribution is 1.10. The Morgan fingerprint density at radius 3 is 2.61 bits per heavy atom. The molecule has 0 atom stereocenters. The van der Waals surface area contributed by atoms with E-state index >= 15 is 0 Å². The fourth-order valence-corrected chi connectivity index (χ4v) is 2.69. The van der Waals surface area contributed by atoms with Crippen LogP contribution in [0.5, 0.6) is 0 Å². The molecule has 0 saturated carbocycles. The standard InChI is InChI=1S/C16H14BrN/c1-11-14-10-13(17)7-8-15(14)18-16(11)9-12-5-3-2-4-6-12/h2-8,10,18H,9H2,1H3. The first-order valence-electron chi connectivity index (χ1n) is 6.04. The van der Waals surface area contributed by atoms with E-state index in [1.54, 1.807) is 0 Å². The van der Waals surface area contributed by atoms with Crippen molar-refractivity contribution in [3.05, 3.63) is 69.8 Å². The number of aryl methyl sites for hydroxylation is 1. The highest BCUT2D eigenvalue weighted by Crippen LogP contribution is 2.26. The van der Waals surface area contributed by atoms with Gasteiger partial charge in [-0.15, -0.1) is 0 Å². The molecule has 2 aromatic carbocycles. The van der Waals surface area contributed by atoms with Crippen molar-refractivity contribution in [3.63, 3.8) is 0 Å². The van der Waals surface area contributed by atoms with Gasteiger partial charge in [0.1, 0.15) is 0 Å². The van der Waals surface area contributed by atoms with Gasteiger partial charge in [-0.1, -0.05) is 46.3 Å². The quantitative estimate of drug-likeness (QED) is 0.697. The number of fused-ring (bicyclic) bond motifs is 1. The first kappa shape index (κ1) is 11.5. The highest BCUT2D eigenvalue weighted by molar-refractivity contribution is 9.10. The van der Waals surface area contributed by atoms with E-state index in [2.05, 4.69) is 76.4 Å². The molecule has 2 heteroatoms. The van der Waals surface area contributed by atoms with E-state index < -0.39 is 0 Å². The third kappa shape index (κ3) is 2.08. The van der Waals surface area contributed by atoms with Crippen molar-refractivity contribution in [1.82, 2.24) is 4.98 Å². The van der Waals surface area contributed by atoms with Crippen molar-refractivity contribution in [2.24, 2.45) is 0 Å². The minimum absolute atomic E-state index is 0.957. The van der Waals surface area contributed by atoms with Crippen molar-refractivity contribution < 1.29 is 0 Å². The van der Waals surface area contributed by atoms with Crippen LogP contribution >= 0.6 is 15.9 Å². The maximum Gasteiger partial charge on any atom is 0.0459 e. The fraction of sp³-hybridized carbons (Fsp3) is 0.125. The highest BCUT2D eigenvalue weighted by Gasteiger charge is 2.08. The van der Waals surface area contributed by atoms with E-state index in [-0.39, 0.29) is 0 Å². The predicted molar refractivity (Wildman–Crippen MR) is 80.0 cm³/mol. The van der Waals surface area contributed by atoms with Gasteiger partial charge in [-0.25, -0.2) is 0 Å². The number of halogens is 1. The number of rotatable bonds is 2. The Balaban J connectivity index is 2.05. The van der Waals surface area contributed by atoms with Crippen LogP contribution in [0.4, 0.5) is 0 Å². The molecule has 90 valence electrons. The summed E-state index contributed by atoms with van der Waals surface area (Å²) in [5, 5.41) is 1.30. The van der Waals surface area contributed by atoms with Crippen molar-refractivity contribution >= 4 is 26.8 Å². The molecule has 0 fully saturated rings. The topological polar surface area (TPSA) is 15.8 Å². The molecule has 1 N–H and O–H groups in total. The molecular weight excluding hydrogens is 286 g/mol. The van der Waals surface area contributed by atoms with Gasteiger partial charge < -0.3 is 4.98 Å². The van der Waals surface area contributed by atoms with Gasteiger partial charge in [0.05, 0.1) is 0 Å². The first-order valence-corrected chi connectivity index (χ1v) is 6.84. The van der Waals surface area contributed by atoms with Crippen molar-refractivity contribution in [2.75, 3.05) is 0 Å². The third-order valence-electron chi connectivity index (χ3n) is 3.35. The predicted octanol–water partition coefficient (Wildman–Crippen LogP) is 4.83. The zero-order valence-electron chi connectivity index (χ0n) is 10.2. The molecule has 3 rings (SSSR count). The molecule has 0 aliphatic heterocycles. The van der Waals surface area contributed by atoms with Crippen molar-refractivity contribution in [1.29, 1.82) is 0 Å². The molecule has 0 saturated heterocycles. The molecule has 0 spiro atoms. The third-order valence-corrected chi connectivity index (χ3v) is 3.84. The van der Waals surface area contributed by atoms with Gasteiger partial charge >= 0.3 is 0 Å². The molecule has 1 heterocycles. The summed E-state index contributed by atoms with van der Waals surface area (Å²) in [4.78, 5) is 3.52. The maximum atomic E-state index is 3.53. The van der Waals surface area contributed by atoms with Crippen LogP contribution in [-0.4, -0.2) is 4.98 Å².